The van der Waals surface area contributed by atoms with Gasteiger partial charge in [-0.25, -0.2) is 0 Å². The van der Waals surface area contributed by atoms with E-state index in [9.17, 15) is 9.59 Å². The predicted octanol–water partition coefficient (Wildman–Crippen LogP) is 4.70. The zero-order valence-corrected chi connectivity index (χ0v) is 21.1. The fourth-order valence-corrected chi connectivity index (χ4v) is 6.33. The Bertz CT molecular complexity index is 1100. The molecule has 1 N–H and O–H groups in total. The Morgan fingerprint density at radius 3 is 2.50 bits per heavy atom. The van der Waals surface area contributed by atoms with E-state index in [1.165, 1.54) is 24.0 Å². The van der Waals surface area contributed by atoms with Gasteiger partial charge in [-0.3, -0.25) is 9.59 Å². The molecule has 0 bridgehead atoms. The van der Waals surface area contributed by atoms with Gasteiger partial charge in [0.25, 0.3) is 5.91 Å². The van der Waals surface area contributed by atoms with Crippen molar-refractivity contribution in [1.29, 1.82) is 0 Å². The third-order valence-electron chi connectivity index (χ3n) is 8.13. The van der Waals surface area contributed by atoms with Crippen LogP contribution in [0.1, 0.15) is 62.1 Å². The van der Waals surface area contributed by atoms with Crippen molar-refractivity contribution in [2.24, 2.45) is 0 Å². The highest BCUT2D eigenvalue weighted by Gasteiger charge is 2.54. The molecule has 6 nitrogen and oxygen atoms in total. The summed E-state index contributed by atoms with van der Waals surface area (Å²) in [5, 5.41) is 3.19. The molecule has 2 amide bonds. The van der Waals surface area contributed by atoms with Gasteiger partial charge in [-0.15, -0.1) is 0 Å². The molecule has 6 heteroatoms. The second kappa shape index (κ2) is 10.9. The predicted molar refractivity (Wildman–Crippen MR) is 139 cm³/mol. The first kappa shape index (κ1) is 24.6. The average Bonchev–Trinajstić information content (AvgIpc) is 3.17. The van der Waals surface area contributed by atoms with Gasteiger partial charge in [0.1, 0.15) is 5.75 Å². The fourth-order valence-electron chi connectivity index (χ4n) is 6.33. The second-order valence-corrected chi connectivity index (χ2v) is 10.2. The third kappa shape index (κ3) is 4.92. The molecule has 1 spiro atoms. The molecule has 1 saturated heterocycles. The summed E-state index contributed by atoms with van der Waals surface area (Å²) in [6.07, 6.45) is 8.83. The maximum atomic E-state index is 13.0. The molecule has 5 rings (SSSR count). The van der Waals surface area contributed by atoms with Crippen molar-refractivity contribution in [1.82, 2.24) is 10.2 Å². The van der Waals surface area contributed by atoms with Crippen LogP contribution >= 0.6 is 0 Å². The minimum Gasteiger partial charge on any atom is -0.484 e. The van der Waals surface area contributed by atoms with Gasteiger partial charge in [-0.2, -0.15) is 0 Å². The van der Waals surface area contributed by atoms with Gasteiger partial charge in [-0.05, 0) is 61.8 Å². The number of benzene rings is 2. The molecule has 0 aromatic heterocycles. The summed E-state index contributed by atoms with van der Waals surface area (Å²) in [4.78, 5) is 28.0. The van der Waals surface area contributed by atoms with Gasteiger partial charge in [0, 0.05) is 32.0 Å². The van der Waals surface area contributed by atoms with Gasteiger partial charge in [0.05, 0.1) is 12.1 Å². The number of allylic oxidation sites excluding steroid dienone is 1. The zero-order valence-electron chi connectivity index (χ0n) is 21.1. The number of carbonyl (C=O) groups is 2. The van der Waals surface area contributed by atoms with Crippen LogP contribution in [0, 0.1) is 0 Å². The van der Waals surface area contributed by atoms with Gasteiger partial charge < -0.3 is 19.7 Å². The van der Waals surface area contributed by atoms with Crippen molar-refractivity contribution in [2.75, 3.05) is 26.8 Å². The van der Waals surface area contributed by atoms with Crippen molar-refractivity contribution in [3.05, 3.63) is 77.4 Å². The second-order valence-electron chi connectivity index (χ2n) is 10.2. The quantitative estimate of drug-likeness (QED) is 0.574. The van der Waals surface area contributed by atoms with E-state index in [0.29, 0.717) is 25.3 Å². The molecule has 36 heavy (non-hydrogen) atoms. The molecule has 0 saturated carbocycles. The van der Waals surface area contributed by atoms with Crippen molar-refractivity contribution < 1.29 is 19.1 Å². The minimum absolute atomic E-state index is 0.0513. The number of piperidine rings is 1. The molecule has 2 aromatic rings. The number of methoxy groups -OCH3 is 1. The number of hydrogen-bond donors (Lipinski definition) is 1. The topological polar surface area (TPSA) is 67.9 Å². The number of nitrogens with one attached hydrogen (secondary N) is 1. The summed E-state index contributed by atoms with van der Waals surface area (Å²) in [7, 11) is 1.73. The molecule has 1 fully saturated rings. The third-order valence-corrected chi connectivity index (χ3v) is 8.13. The Morgan fingerprint density at radius 1 is 1.03 bits per heavy atom. The first-order valence-electron chi connectivity index (χ1n) is 13.2. The highest BCUT2D eigenvalue weighted by atomic mass is 16.5. The molecule has 1 aliphatic heterocycles. The van der Waals surface area contributed by atoms with Gasteiger partial charge >= 0.3 is 0 Å². The van der Waals surface area contributed by atoms with E-state index in [2.05, 4.69) is 29.6 Å². The maximum Gasteiger partial charge on any atom is 0.258 e. The number of carbonyl (C=O) groups excluding carboxylic acids is 2. The van der Waals surface area contributed by atoms with Crippen molar-refractivity contribution >= 4 is 11.8 Å². The molecular formula is C30H36N2O4. The van der Waals surface area contributed by atoms with Crippen LogP contribution in [0.15, 0.2) is 66.2 Å². The van der Waals surface area contributed by atoms with Crippen LogP contribution in [0.5, 0.6) is 5.75 Å². The lowest BCUT2D eigenvalue weighted by Gasteiger charge is -2.44. The molecule has 2 atom stereocenters. The normalized spacial score (nSPS) is 22.6. The van der Waals surface area contributed by atoms with Gasteiger partial charge in [0.2, 0.25) is 5.91 Å². The lowest BCUT2D eigenvalue weighted by Crippen LogP contribution is -2.52. The largest absolute Gasteiger partial charge is 0.484 e. The number of rotatable bonds is 7. The Kier molecular flexibility index (Phi) is 7.42. The average molecular weight is 489 g/mol. The van der Waals surface area contributed by atoms with E-state index in [1.807, 2.05) is 41.3 Å². The van der Waals surface area contributed by atoms with Crippen LogP contribution in [-0.4, -0.2) is 49.6 Å². The minimum atomic E-state index is -0.257. The number of para-hydroxylation sites is 1. The lowest BCUT2D eigenvalue weighted by atomic mass is 9.71. The number of fused-ring (bicyclic) bond motifs is 2. The SMILES string of the molecule is CO[C@H]1[C@H](NC(=O)COc2ccccc2)c2ccccc2C12CCN(C(=O)CC1=CCCCC1)CC2. The van der Waals surface area contributed by atoms with Crippen molar-refractivity contribution in [2.45, 2.75) is 62.5 Å². The zero-order chi connectivity index (χ0) is 25.0. The summed E-state index contributed by atoms with van der Waals surface area (Å²) in [5.74, 6) is 0.729. The summed E-state index contributed by atoms with van der Waals surface area (Å²) in [6.45, 7) is 1.36. The summed E-state index contributed by atoms with van der Waals surface area (Å²) in [6, 6.07) is 17.4. The lowest BCUT2D eigenvalue weighted by molar-refractivity contribution is -0.133. The molecule has 190 valence electrons. The van der Waals surface area contributed by atoms with Gasteiger partial charge in [0.15, 0.2) is 6.61 Å². The van der Waals surface area contributed by atoms with E-state index < -0.39 is 0 Å². The van der Waals surface area contributed by atoms with Crippen LogP contribution in [0.4, 0.5) is 0 Å². The number of hydrogen-bond acceptors (Lipinski definition) is 4. The number of ether oxygens (including phenoxy) is 2. The first-order valence-corrected chi connectivity index (χ1v) is 13.2. The van der Waals surface area contributed by atoms with Crippen LogP contribution in [0.3, 0.4) is 0 Å². The van der Waals surface area contributed by atoms with E-state index >= 15 is 0 Å². The molecule has 2 aliphatic carbocycles. The van der Waals surface area contributed by atoms with Crippen LogP contribution in [-0.2, 0) is 19.7 Å². The smallest absolute Gasteiger partial charge is 0.258 e. The monoisotopic (exact) mass is 488 g/mol. The summed E-state index contributed by atoms with van der Waals surface area (Å²) >= 11 is 0. The Labute approximate surface area is 213 Å². The first-order chi connectivity index (χ1) is 17.6. The maximum absolute atomic E-state index is 13.0. The van der Waals surface area contributed by atoms with Crippen LogP contribution in [0.25, 0.3) is 0 Å². The molecule has 1 heterocycles. The van der Waals surface area contributed by atoms with E-state index in [1.54, 1.807) is 7.11 Å². The Hall–Kier alpha value is -3.12. The van der Waals surface area contributed by atoms with E-state index in [4.69, 9.17) is 9.47 Å². The number of likely N-dealkylation sites (tertiary alicyclic amines) is 1. The molecule has 0 radical (unpaired) electrons. The Morgan fingerprint density at radius 2 is 1.78 bits per heavy atom. The fraction of sp³-hybridized carbons (Fsp3) is 0.467. The molecule has 0 unspecified atom stereocenters. The summed E-state index contributed by atoms with van der Waals surface area (Å²) in [5.41, 5.74) is 3.40. The van der Waals surface area contributed by atoms with Gasteiger partial charge in [-0.1, -0.05) is 54.1 Å². The number of amides is 2. The van der Waals surface area contributed by atoms with E-state index in [-0.39, 0.29) is 36.0 Å². The van der Waals surface area contributed by atoms with Crippen molar-refractivity contribution in [3.8, 4) is 5.75 Å². The molecular weight excluding hydrogens is 452 g/mol. The van der Waals surface area contributed by atoms with Crippen LogP contribution in [0.2, 0.25) is 0 Å². The Balaban J connectivity index is 1.28. The van der Waals surface area contributed by atoms with Crippen LogP contribution < -0.4 is 10.1 Å². The van der Waals surface area contributed by atoms with Crippen molar-refractivity contribution in [3.63, 3.8) is 0 Å². The number of nitrogens with zero attached hydrogens (tertiary/aromatic N) is 1. The summed E-state index contributed by atoms with van der Waals surface area (Å²) < 4.78 is 11.8. The molecule has 2 aromatic carbocycles. The highest BCUT2D eigenvalue weighted by Crippen LogP contribution is 2.52. The highest BCUT2D eigenvalue weighted by molar-refractivity contribution is 5.79. The standard InChI is InChI=1S/C30H36N2O4/c1-35-29-28(31-26(33)21-36-23-12-6-3-7-13-23)24-14-8-9-15-25(24)30(29)16-18-32(19-17-30)27(34)20-22-10-4-2-5-11-22/h3,6-10,12-15,28-29H,2,4-5,11,16-21H2,1H3,(H,31,33)/t28-,29+/m1/s1. The van der Waals surface area contributed by atoms with E-state index in [0.717, 1.165) is 31.2 Å². The molecule has 3 aliphatic rings.